The molecule has 1 atom stereocenters. The van der Waals surface area contributed by atoms with E-state index in [1.807, 2.05) is 18.2 Å². The first-order chi connectivity index (χ1) is 10.7. The molecule has 0 radical (unpaired) electrons. The molecule has 0 fully saturated rings. The molecule has 3 rings (SSSR count). The van der Waals surface area contributed by atoms with E-state index in [9.17, 15) is 9.59 Å². The summed E-state index contributed by atoms with van der Waals surface area (Å²) < 4.78 is 5.15. The van der Waals surface area contributed by atoms with Gasteiger partial charge in [-0.1, -0.05) is 18.2 Å². The Bertz CT molecular complexity index is 708. The van der Waals surface area contributed by atoms with E-state index in [4.69, 9.17) is 4.42 Å². The van der Waals surface area contributed by atoms with Crippen LogP contribution in [0.25, 0.3) is 0 Å². The molecule has 1 N–H and O–H groups in total. The Morgan fingerprint density at radius 1 is 1.27 bits per heavy atom. The van der Waals surface area contributed by atoms with Gasteiger partial charge in [-0.15, -0.1) is 0 Å². The van der Waals surface area contributed by atoms with Crippen LogP contribution < -0.4 is 10.3 Å². The molecule has 2 amide bonds. The fourth-order valence-electron chi connectivity index (χ4n) is 2.31. The smallest absolute Gasteiger partial charge is 0.265 e. The van der Waals surface area contributed by atoms with Crippen LogP contribution in [-0.4, -0.2) is 17.5 Å². The molecule has 2 aromatic rings. The van der Waals surface area contributed by atoms with Gasteiger partial charge in [-0.3, -0.25) is 9.59 Å². The quantitative estimate of drug-likeness (QED) is 0.876. The number of nitrogens with one attached hydrogen (secondary N) is 1. The molecule has 2 heterocycles. The molecule has 22 heavy (non-hydrogen) atoms. The van der Waals surface area contributed by atoms with Gasteiger partial charge in [0, 0.05) is 0 Å². The van der Waals surface area contributed by atoms with Crippen molar-refractivity contribution in [3.8, 4) is 0 Å². The minimum absolute atomic E-state index is 0.244. The monoisotopic (exact) mass is 297 g/mol. The molecule has 0 saturated heterocycles. The summed E-state index contributed by atoms with van der Waals surface area (Å²) in [5.74, 6) is -0.981. The van der Waals surface area contributed by atoms with Gasteiger partial charge in [-0.25, -0.2) is 0 Å². The number of rotatable bonds is 4. The number of nitrogens with zero attached hydrogens (tertiary/aromatic N) is 2. The van der Waals surface area contributed by atoms with Crippen molar-refractivity contribution in [2.24, 2.45) is 11.0 Å². The molecule has 6 nitrogen and oxygen atoms in total. The van der Waals surface area contributed by atoms with Gasteiger partial charge in [0.05, 0.1) is 24.2 Å². The summed E-state index contributed by atoms with van der Waals surface area (Å²) in [6.45, 7) is 1.92. The van der Waals surface area contributed by atoms with Crippen LogP contribution in [0.4, 0.5) is 5.69 Å². The maximum atomic E-state index is 12.4. The first-order valence-electron chi connectivity index (χ1n) is 6.91. The maximum Gasteiger partial charge on any atom is 0.265 e. The van der Waals surface area contributed by atoms with Crippen LogP contribution in [-0.2, 0) is 16.1 Å². The fourth-order valence-corrected chi connectivity index (χ4v) is 2.31. The van der Waals surface area contributed by atoms with Gasteiger partial charge in [-0.05, 0) is 31.2 Å². The lowest BCUT2D eigenvalue weighted by Gasteiger charge is -2.14. The summed E-state index contributed by atoms with van der Waals surface area (Å²) in [4.78, 5) is 24.7. The van der Waals surface area contributed by atoms with Crippen LogP contribution in [0.5, 0.6) is 0 Å². The first-order valence-corrected chi connectivity index (χ1v) is 6.91. The van der Waals surface area contributed by atoms with Crippen LogP contribution in [0.3, 0.4) is 0 Å². The van der Waals surface area contributed by atoms with Crippen molar-refractivity contribution in [2.75, 3.05) is 5.01 Å². The number of hydrazone groups is 1. The Kier molecular flexibility index (Phi) is 3.74. The second-order valence-electron chi connectivity index (χ2n) is 4.96. The van der Waals surface area contributed by atoms with Crippen molar-refractivity contribution < 1.29 is 14.0 Å². The SMILES string of the molecule is CC1=NN(c2ccccc2)C(=O)[C@@H]1C(=O)NCc1ccco1. The molecule has 0 aliphatic carbocycles. The molecule has 0 spiro atoms. The molecule has 0 saturated carbocycles. The molecule has 1 aromatic carbocycles. The fraction of sp³-hybridized carbons (Fsp3) is 0.188. The first kappa shape index (κ1) is 14.1. The Morgan fingerprint density at radius 3 is 2.73 bits per heavy atom. The van der Waals surface area contributed by atoms with Crippen LogP contribution in [0, 0.1) is 5.92 Å². The largest absolute Gasteiger partial charge is 0.467 e. The Hall–Kier alpha value is -2.89. The van der Waals surface area contributed by atoms with E-state index < -0.39 is 5.92 Å². The molecule has 1 aromatic heterocycles. The van der Waals surface area contributed by atoms with Crippen molar-refractivity contribution in [1.82, 2.24) is 5.32 Å². The topological polar surface area (TPSA) is 74.9 Å². The minimum atomic E-state index is -0.893. The number of anilines is 1. The van der Waals surface area contributed by atoms with E-state index in [1.165, 1.54) is 11.3 Å². The van der Waals surface area contributed by atoms with Crippen molar-refractivity contribution in [2.45, 2.75) is 13.5 Å². The van der Waals surface area contributed by atoms with Gasteiger partial charge in [0.2, 0.25) is 5.91 Å². The van der Waals surface area contributed by atoms with Gasteiger partial charge >= 0.3 is 0 Å². The average Bonchev–Trinajstić information content (AvgIpc) is 3.14. The van der Waals surface area contributed by atoms with Crippen LogP contribution in [0.1, 0.15) is 12.7 Å². The number of amides is 2. The highest BCUT2D eigenvalue weighted by Gasteiger charge is 2.39. The maximum absolute atomic E-state index is 12.4. The zero-order chi connectivity index (χ0) is 15.5. The highest BCUT2D eigenvalue weighted by atomic mass is 16.3. The lowest BCUT2D eigenvalue weighted by molar-refractivity contribution is -0.130. The number of carbonyl (C=O) groups excluding carboxylic acids is 2. The average molecular weight is 297 g/mol. The summed E-state index contributed by atoms with van der Waals surface area (Å²) in [5.41, 5.74) is 1.12. The standard InChI is InChI=1S/C16H15N3O3/c1-11-14(15(20)17-10-13-8-5-9-22-13)16(21)19(18-11)12-6-3-2-4-7-12/h2-9,14H,10H2,1H3,(H,17,20)/t14-/m0/s1. The number of hydrogen-bond donors (Lipinski definition) is 1. The zero-order valence-electron chi connectivity index (χ0n) is 12.0. The molecular weight excluding hydrogens is 282 g/mol. The summed E-state index contributed by atoms with van der Waals surface area (Å²) in [5, 5.41) is 8.17. The van der Waals surface area contributed by atoms with E-state index in [2.05, 4.69) is 10.4 Å². The van der Waals surface area contributed by atoms with Crippen molar-refractivity contribution in [3.63, 3.8) is 0 Å². The van der Waals surface area contributed by atoms with Gasteiger partial charge in [0.15, 0.2) is 5.92 Å². The Balaban J connectivity index is 1.71. The summed E-state index contributed by atoms with van der Waals surface area (Å²) in [6, 6.07) is 12.5. The van der Waals surface area contributed by atoms with Gasteiger partial charge in [-0.2, -0.15) is 10.1 Å². The third-order valence-electron chi connectivity index (χ3n) is 3.41. The highest BCUT2D eigenvalue weighted by molar-refractivity contribution is 6.26. The summed E-state index contributed by atoms with van der Waals surface area (Å²) in [6.07, 6.45) is 1.53. The third-order valence-corrected chi connectivity index (χ3v) is 3.41. The van der Waals surface area contributed by atoms with Crippen LogP contribution in [0.15, 0.2) is 58.2 Å². The molecular formula is C16H15N3O3. The van der Waals surface area contributed by atoms with Crippen LogP contribution in [0.2, 0.25) is 0 Å². The predicted octanol–water partition coefficient (Wildman–Crippen LogP) is 1.93. The summed E-state index contributed by atoms with van der Waals surface area (Å²) in [7, 11) is 0. The van der Waals surface area contributed by atoms with Gasteiger partial charge in [0.1, 0.15) is 5.76 Å². The molecule has 0 unspecified atom stereocenters. The lowest BCUT2D eigenvalue weighted by Crippen LogP contribution is -2.39. The lowest BCUT2D eigenvalue weighted by atomic mass is 10.0. The predicted molar refractivity (Wildman–Crippen MR) is 81.1 cm³/mol. The third kappa shape index (κ3) is 2.63. The second kappa shape index (κ2) is 5.85. The summed E-state index contributed by atoms with van der Waals surface area (Å²) >= 11 is 0. The van der Waals surface area contributed by atoms with Crippen LogP contribution >= 0.6 is 0 Å². The minimum Gasteiger partial charge on any atom is -0.467 e. The normalized spacial score (nSPS) is 17.5. The number of para-hydroxylation sites is 1. The Labute approximate surface area is 127 Å². The van der Waals surface area contributed by atoms with Gasteiger partial charge < -0.3 is 9.73 Å². The highest BCUT2D eigenvalue weighted by Crippen LogP contribution is 2.23. The number of benzene rings is 1. The second-order valence-corrected chi connectivity index (χ2v) is 4.96. The Morgan fingerprint density at radius 2 is 2.05 bits per heavy atom. The van der Waals surface area contributed by atoms with E-state index in [-0.39, 0.29) is 18.4 Å². The number of hydrogen-bond acceptors (Lipinski definition) is 4. The van der Waals surface area contributed by atoms with E-state index in [0.717, 1.165) is 0 Å². The number of carbonyl (C=O) groups is 2. The molecule has 1 aliphatic heterocycles. The zero-order valence-corrected chi connectivity index (χ0v) is 12.0. The molecule has 1 aliphatic rings. The molecule has 0 bridgehead atoms. The molecule has 112 valence electrons. The molecule has 6 heteroatoms. The van der Waals surface area contributed by atoms with Crippen molar-refractivity contribution >= 4 is 23.2 Å². The van der Waals surface area contributed by atoms with Gasteiger partial charge in [0.25, 0.3) is 5.91 Å². The van der Waals surface area contributed by atoms with Crippen molar-refractivity contribution in [3.05, 3.63) is 54.5 Å². The van der Waals surface area contributed by atoms with E-state index >= 15 is 0 Å². The number of furan rings is 1. The van der Waals surface area contributed by atoms with Crippen molar-refractivity contribution in [1.29, 1.82) is 0 Å². The van der Waals surface area contributed by atoms with E-state index in [1.54, 1.807) is 31.2 Å². The van der Waals surface area contributed by atoms with E-state index in [0.29, 0.717) is 17.2 Å².